The summed E-state index contributed by atoms with van der Waals surface area (Å²) in [5, 5.41) is 4.40. The molecule has 3 nitrogen and oxygen atoms in total. The minimum Gasteiger partial charge on any atom is -0.298 e. The Hall–Kier alpha value is -1.90. The fourth-order valence-corrected chi connectivity index (χ4v) is 1.86. The topological polar surface area (TPSA) is 34.9 Å². The molecule has 0 N–H and O–H groups in total. The van der Waals surface area contributed by atoms with Crippen molar-refractivity contribution in [2.24, 2.45) is 0 Å². The Morgan fingerprint density at radius 3 is 2.44 bits per heavy atom. The molecular formula is C13H14N2O. The molecule has 0 radical (unpaired) electrons. The monoisotopic (exact) mass is 214 g/mol. The predicted octanol–water partition coefficient (Wildman–Crippen LogP) is 2.61. The number of benzene rings is 1. The second-order valence-corrected chi connectivity index (χ2v) is 3.90. The summed E-state index contributed by atoms with van der Waals surface area (Å²) in [6.07, 6.45) is 0.867. The molecule has 0 saturated heterocycles. The molecule has 3 heteroatoms. The standard InChI is InChI=1S/C13H14N2O/c1-9-6-4-5-7-13(9)15-11(3)12(8-16)10(2)14-15/h4-8H,1-3H3. The van der Waals surface area contributed by atoms with E-state index in [1.807, 2.05) is 49.7 Å². The number of carbonyl (C=O) groups is 1. The van der Waals surface area contributed by atoms with E-state index in [-0.39, 0.29) is 0 Å². The van der Waals surface area contributed by atoms with Gasteiger partial charge in [-0.1, -0.05) is 18.2 Å². The summed E-state index contributed by atoms with van der Waals surface area (Å²) in [4.78, 5) is 10.9. The average molecular weight is 214 g/mol. The summed E-state index contributed by atoms with van der Waals surface area (Å²) in [6, 6.07) is 8.00. The highest BCUT2D eigenvalue weighted by atomic mass is 16.1. The molecule has 0 aliphatic carbocycles. The highest BCUT2D eigenvalue weighted by molar-refractivity contribution is 5.78. The van der Waals surface area contributed by atoms with Gasteiger partial charge in [0.05, 0.1) is 22.6 Å². The summed E-state index contributed by atoms with van der Waals surface area (Å²) in [5.41, 5.74) is 4.52. The van der Waals surface area contributed by atoms with Crippen molar-refractivity contribution in [1.29, 1.82) is 0 Å². The number of para-hydroxylation sites is 1. The van der Waals surface area contributed by atoms with Crippen molar-refractivity contribution in [1.82, 2.24) is 9.78 Å². The van der Waals surface area contributed by atoms with E-state index in [0.717, 1.165) is 28.9 Å². The van der Waals surface area contributed by atoms with E-state index < -0.39 is 0 Å². The smallest absolute Gasteiger partial charge is 0.153 e. The largest absolute Gasteiger partial charge is 0.298 e. The van der Waals surface area contributed by atoms with E-state index in [4.69, 9.17) is 0 Å². The van der Waals surface area contributed by atoms with Gasteiger partial charge in [0, 0.05) is 0 Å². The van der Waals surface area contributed by atoms with Gasteiger partial charge >= 0.3 is 0 Å². The van der Waals surface area contributed by atoms with Gasteiger partial charge in [0.25, 0.3) is 0 Å². The molecule has 0 saturated carbocycles. The van der Waals surface area contributed by atoms with Crippen molar-refractivity contribution in [3.05, 3.63) is 46.8 Å². The SMILES string of the molecule is Cc1ccccc1-n1nc(C)c(C=O)c1C. The van der Waals surface area contributed by atoms with Crippen LogP contribution in [0.4, 0.5) is 0 Å². The zero-order valence-corrected chi connectivity index (χ0v) is 9.69. The van der Waals surface area contributed by atoms with E-state index >= 15 is 0 Å². The Labute approximate surface area is 94.7 Å². The van der Waals surface area contributed by atoms with Crippen LogP contribution >= 0.6 is 0 Å². The minimum absolute atomic E-state index is 0.684. The molecule has 1 aromatic heterocycles. The maximum atomic E-state index is 10.9. The lowest BCUT2D eigenvalue weighted by atomic mass is 10.2. The second kappa shape index (κ2) is 3.93. The Morgan fingerprint density at radius 2 is 1.88 bits per heavy atom. The van der Waals surface area contributed by atoms with Crippen LogP contribution in [0.2, 0.25) is 0 Å². The summed E-state index contributed by atoms with van der Waals surface area (Å²) in [5.74, 6) is 0. The fourth-order valence-electron chi connectivity index (χ4n) is 1.86. The molecule has 16 heavy (non-hydrogen) atoms. The van der Waals surface area contributed by atoms with Crippen molar-refractivity contribution in [2.75, 3.05) is 0 Å². The number of hydrogen-bond donors (Lipinski definition) is 0. The maximum absolute atomic E-state index is 10.9. The minimum atomic E-state index is 0.684. The van der Waals surface area contributed by atoms with Crippen molar-refractivity contribution in [3.63, 3.8) is 0 Å². The van der Waals surface area contributed by atoms with Gasteiger partial charge in [0.15, 0.2) is 6.29 Å². The van der Waals surface area contributed by atoms with Gasteiger partial charge in [0.2, 0.25) is 0 Å². The van der Waals surface area contributed by atoms with Gasteiger partial charge in [0.1, 0.15) is 0 Å². The molecule has 0 amide bonds. The molecule has 0 bridgehead atoms. The molecular weight excluding hydrogens is 200 g/mol. The van der Waals surface area contributed by atoms with Crippen LogP contribution in [-0.4, -0.2) is 16.1 Å². The van der Waals surface area contributed by atoms with E-state index in [0.29, 0.717) is 5.56 Å². The van der Waals surface area contributed by atoms with Crippen molar-refractivity contribution in [3.8, 4) is 5.69 Å². The number of rotatable bonds is 2. The zero-order chi connectivity index (χ0) is 11.7. The van der Waals surface area contributed by atoms with E-state index in [1.165, 1.54) is 0 Å². The van der Waals surface area contributed by atoms with Crippen LogP contribution in [-0.2, 0) is 0 Å². The lowest BCUT2D eigenvalue weighted by Crippen LogP contribution is -2.01. The summed E-state index contributed by atoms with van der Waals surface area (Å²) < 4.78 is 1.83. The van der Waals surface area contributed by atoms with Gasteiger partial charge in [-0.15, -0.1) is 0 Å². The van der Waals surface area contributed by atoms with Crippen LogP contribution in [0.15, 0.2) is 24.3 Å². The third-order valence-corrected chi connectivity index (χ3v) is 2.81. The quantitative estimate of drug-likeness (QED) is 0.720. The number of aryl methyl sites for hydroxylation is 2. The Morgan fingerprint density at radius 1 is 1.19 bits per heavy atom. The molecule has 0 spiro atoms. The van der Waals surface area contributed by atoms with Crippen LogP contribution in [0.3, 0.4) is 0 Å². The van der Waals surface area contributed by atoms with Crippen molar-refractivity contribution >= 4 is 6.29 Å². The third-order valence-electron chi connectivity index (χ3n) is 2.81. The molecule has 1 heterocycles. The molecule has 0 aliphatic heterocycles. The Balaban J connectivity index is 2.66. The van der Waals surface area contributed by atoms with E-state index in [9.17, 15) is 4.79 Å². The lowest BCUT2D eigenvalue weighted by Gasteiger charge is -2.07. The first kappa shape index (κ1) is 10.6. The first-order valence-corrected chi connectivity index (χ1v) is 5.22. The molecule has 0 unspecified atom stereocenters. The molecule has 0 fully saturated rings. The summed E-state index contributed by atoms with van der Waals surface area (Å²) in [6.45, 7) is 5.80. The van der Waals surface area contributed by atoms with E-state index in [1.54, 1.807) is 0 Å². The maximum Gasteiger partial charge on any atom is 0.153 e. The summed E-state index contributed by atoms with van der Waals surface area (Å²) >= 11 is 0. The number of aromatic nitrogens is 2. The van der Waals surface area contributed by atoms with Crippen LogP contribution in [0.5, 0.6) is 0 Å². The van der Waals surface area contributed by atoms with E-state index in [2.05, 4.69) is 5.10 Å². The number of nitrogens with zero attached hydrogens (tertiary/aromatic N) is 2. The first-order valence-electron chi connectivity index (χ1n) is 5.22. The number of aldehydes is 1. The van der Waals surface area contributed by atoms with Gasteiger partial charge < -0.3 is 0 Å². The molecule has 0 aliphatic rings. The second-order valence-electron chi connectivity index (χ2n) is 3.90. The van der Waals surface area contributed by atoms with Crippen LogP contribution < -0.4 is 0 Å². The lowest BCUT2D eigenvalue weighted by molar-refractivity contribution is 0.112. The molecule has 1 aromatic carbocycles. The zero-order valence-electron chi connectivity index (χ0n) is 9.69. The van der Waals surface area contributed by atoms with Gasteiger partial charge in [-0.25, -0.2) is 4.68 Å². The van der Waals surface area contributed by atoms with Crippen molar-refractivity contribution in [2.45, 2.75) is 20.8 Å². The molecule has 2 rings (SSSR count). The number of hydrogen-bond acceptors (Lipinski definition) is 2. The molecule has 82 valence electrons. The van der Waals surface area contributed by atoms with Crippen LogP contribution in [0.1, 0.15) is 27.3 Å². The average Bonchev–Trinajstić information content (AvgIpc) is 2.55. The third kappa shape index (κ3) is 1.54. The fraction of sp³-hybridized carbons (Fsp3) is 0.231. The Bertz CT molecular complexity index is 541. The van der Waals surface area contributed by atoms with Crippen LogP contribution in [0.25, 0.3) is 5.69 Å². The molecule has 2 aromatic rings. The van der Waals surface area contributed by atoms with Crippen molar-refractivity contribution < 1.29 is 4.79 Å². The predicted molar refractivity (Wildman–Crippen MR) is 63.2 cm³/mol. The van der Waals surface area contributed by atoms with Crippen LogP contribution in [0, 0.1) is 20.8 Å². The van der Waals surface area contributed by atoms with Gasteiger partial charge in [-0.05, 0) is 32.4 Å². The highest BCUT2D eigenvalue weighted by Crippen LogP contribution is 2.18. The molecule has 0 atom stereocenters. The summed E-state index contributed by atoms with van der Waals surface area (Å²) in [7, 11) is 0. The first-order chi connectivity index (χ1) is 7.65. The highest BCUT2D eigenvalue weighted by Gasteiger charge is 2.12. The normalized spacial score (nSPS) is 10.4. The van der Waals surface area contributed by atoms with Gasteiger partial charge in [-0.2, -0.15) is 5.10 Å². The van der Waals surface area contributed by atoms with Gasteiger partial charge in [-0.3, -0.25) is 4.79 Å². The Kier molecular flexibility index (Phi) is 2.60. The number of carbonyl (C=O) groups excluding carboxylic acids is 1.